The Labute approximate surface area is 205 Å². The minimum Gasteiger partial charge on any atom is -0.497 e. The first-order chi connectivity index (χ1) is 16.4. The molecule has 0 aromatic heterocycles. The van der Waals surface area contributed by atoms with E-state index in [0.29, 0.717) is 19.6 Å². The Bertz CT molecular complexity index is 929. The number of aliphatic hydroxyl groups is 1. The molecule has 3 aromatic rings. The maximum Gasteiger partial charge on any atom is 0.261 e. The molecule has 1 atom stereocenters. The van der Waals surface area contributed by atoms with Crippen LogP contribution in [-0.4, -0.2) is 39.9 Å². The number of hydrogen-bond donors (Lipinski definition) is 1. The number of ether oxygens (including phenoxy) is 2. The van der Waals surface area contributed by atoms with Gasteiger partial charge in [0.05, 0.1) is 19.8 Å². The number of benzene rings is 3. The lowest BCUT2D eigenvalue weighted by atomic mass is 10.2. The van der Waals surface area contributed by atoms with Gasteiger partial charge in [0.1, 0.15) is 5.75 Å². The third-order valence-corrected chi connectivity index (χ3v) is 11.3. The topological polar surface area (TPSA) is 47.9 Å². The molecule has 0 amide bonds. The monoisotopic (exact) mass is 478 g/mol. The van der Waals surface area contributed by atoms with Crippen molar-refractivity contribution in [2.24, 2.45) is 0 Å². The predicted octanol–water partition coefficient (Wildman–Crippen LogP) is 4.93. The standard InChI is InChI=1S/C29H38O4Si/c1-29(2,3)34(27-11-7-5-8-12-27,28-13-9-6-10-14-28)33-22-20-26(19-21-30)32-23-24-15-17-25(31-4)18-16-24/h5-18,26,30H,19-23H2,1-4H3. The quantitative estimate of drug-likeness (QED) is 0.375. The van der Waals surface area contributed by atoms with Crippen molar-refractivity contribution in [3.8, 4) is 5.75 Å². The van der Waals surface area contributed by atoms with Crippen molar-refractivity contribution < 1.29 is 19.0 Å². The van der Waals surface area contributed by atoms with Crippen LogP contribution in [0.25, 0.3) is 0 Å². The van der Waals surface area contributed by atoms with Gasteiger partial charge in [0.15, 0.2) is 0 Å². The molecule has 0 saturated heterocycles. The number of methoxy groups -OCH3 is 1. The molecule has 4 nitrogen and oxygen atoms in total. The van der Waals surface area contributed by atoms with Crippen LogP contribution in [-0.2, 0) is 15.8 Å². The average molecular weight is 479 g/mol. The highest BCUT2D eigenvalue weighted by Crippen LogP contribution is 2.37. The molecule has 0 aliphatic rings. The summed E-state index contributed by atoms with van der Waals surface area (Å²) in [6.45, 7) is 8.00. The van der Waals surface area contributed by atoms with Crippen molar-refractivity contribution in [2.75, 3.05) is 20.3 Å². The Morgan fingerprint density at radius 2 is 1.35 bits per heavy atom. The molecule has 0 fully saturated rings. The fraction of sp³-hybridized carbons (Fsp3) is 0.379. The Hall–Kier alpha value is -2.44. The predicted molar refractivity (Wildman–Crippen MR) is 141 cm³/mol. The van der Waals surface area contributed by atoms with Gasteiger partial charge >= 0.3 is 0 Å². The van der Waals surface area contributed by atoms with Gasteiger partial charge in [-0.3, -0.25) is 0 Å². The van der Waals surface area contributed by atoms with Gasteiger partial charge in [-0.1, -0.05) is 93.6 Å². The zero-order chi connectivity index (χ0) is 24.4. The summed E-state index contributed by atoms with van der Waals surface area (Å²) < 4.78 is 18.4. The van der Waals surface area contributed by atoms with Crippen molar-refractivity contribution in [3.63, 3.8) is 0 Å². The molecule has 0 aliphatic carbocycles. The summed E-state index contributed by atoms with van der Waals surface area (Å²) in [5, 5.41) is 12.1. The second-order valence-electron chi connectivity index (χ2n) is 9.59. The van der Waals surface area contributed by atoms with Crippen LogP contribution in [0.15, 0.2) is 84.9 Å². The third kappa shape index (κ3) is 6.36. The van der Waals surface area contributed by atoms with E-state index in [9.17, 15) is 5.11 Å². The first-order valence-corrected chi connectivity index (χ1v) is 13.9. The zero-order valence-electron chi connectivity index (χ0n) is 20.9. The van der Waals surface area contributed by atoms with Crippen LogP contribution < -0.4 is 15.1 Å². The summed E-state index contributed by atoms with van der Waals surface area (Å²) in [5.74, 6) is 0.828. The second kappa shape index (κ2) is 12.3. The van der Waals surface area contributed by atoms with E-state index in [0.717, 1.165) is 17.7 Å². The van der Waals surface area contributed by atoms with E-state index >= 15 is 0 Å². The van der Waals surface area contributed by atoms with E-state index in [4.69, 9.17) is 13.9 Å². The average Bonchev–Trinajstić information content (AvgIpc) is 2.85. The lowest BCUT2D eigenvalue weighted by molar-refractivity contribution is 0.0107. The molecule has 3 aromatic carbocycles. The van der Waals surface area contributed by atoms with E-state index in [1.165, 1.54) is 10.4 Å². The van der Waals surface area contributed by atoms with Gasteiger partial charge in [-0.15, -0.1) is 0 Å². The molecular weight excluding hydrogens is 440 g/mol. The van der Waals surface area contributed by atoms with Gasteiger partial charge < -0.3 is 19.0 Å². The van der Waals surface area contributed by atoms with Crippen LogP contribution in [0.1, 0.15) is 39.2 Å². The summed E-state index contributed by atoms with van der Waals surface area (Å²) in [6.07, 6.45) is 1.23. The molecule has 0 aliphatic heterocycles. The lowest BCUT2D eigenvalue weighted by Crippen LogP contribution is -2.66. The maximum absolute atomic E-state index is 9.62. The Balaban J connectivity index is 1.76. The first kappa shape index (κ1) is 26.2. The molecule has 1 unspecified atom stereocenters. The van der Waals surface area contributed by atoms with Crippen molar-refractivity contribution in [1.29, 1.82) is 0 Å². The number of hydrogen-bond acceptors (Lipinski definition) is 4. The Kier molecular flexibility index (Phi) is 9.48. The molecule has 0 heterocycles. The zero-order valence-corrected chi connectivity index (χ0v) is 21.9. The van der Waals surface area contributed by atoms with Gasteiger partial charge in [-0.2, -0.15) is 0 Å². The van der Waals surface area contributed by atoms with Crippen LogP contribution >= 0.6 is 0 Å². The highest BCUT2D eigenvalue weighted by molar-refractivity contribution is 6.99. The highest BCUT2D eigenvalue weighted by Gasteiger charge is 2.50. The van der Waals surface area contributed by atoms with Crippen LogP contribution in [0.2, 0.25) is 5.04 Å². The summed E-state index contributed by atoms with van der Waals surface area (Å²) in [6, 6.07) is 29.2. The fourth-order valence-electron chi connectivity index (χ4n) is 4.50. The van der Waals surface area contributed by atoms with Crippen molar-refractivity contribution in [3.05, 3.63) is 90.5 Å². The molecule has 34 heavy (non-hydrogen) atoms. The number of aliphatic hydroxyl groups excluding tert-OH is 1. The second-order valence-corrected chi connectivity index (χ2v) is 13.9. The van der Waals surface area contributed by atoms with Crippen LogP contribution in [0, 0.1) is 0 Å². The van der Waals surface area contributed by atoms with Gasteiger partial charge in [0.25, 0.3) is 8.32 Å². The summed E-state index contributed by atoms with van der Waals surface area (Å²) >= 11 is 0. The summed E-state index contributed by atoms with van der Waals surface area (Å²) in [5.41, 5.74) is 1.08. The summed E-state index contributed by atoms with van der Waals surface area (Å²) in [7, 11) is -0.907. The van der Waals surface area contributed by atoms with Crippen LogP contribution in [0.5, 0.6) is 5.75 Å². The van der Waals surface area contributed by atoms with E-state index in [1.54, 1.807) is 7.11 Å². The van der Waals surface area contributed by atoms with Crippen LogP contribution in [0.3, 0.4) is 0 Å². The SMILES string of the molecule is COc1ccc(COC(CCO)CCO[Si](c2ccccc2)(c2ccccc2)C(C)(C)C)cc1. The Morgan fingerprint density at radius 1 is 0.794 bits per heavy atom. The number of rotatable bonds is 12. The highest BCUT2D eigenvalue weighted by atomic mass is 28.4. The maximum atomic E-state index is 9.62. The van der Waals surface area contributed by atoms with Gasteiger partial charge in [0, 0.05) is 13.2 Å². The third-order valence-electron chi connectivity index (χ3n) is 6.27. The van der Waals surface area contributed by atoms with E-state index in [-0.39, 0.29) is 17.7 Å². The molecule has 0 bridgehead atoms. The van der Waals surface area contributed by atoms with Crippen molar-refractivity contribution in [2.45, 2.75) is 51.4 Å². The molecule has 0 spiro atoms. The van der Waals surface area contributed by atoms with Gasteiger partial charge in [-0.25, -0.2) is 0 Å². The summed E-state index contributed by atoms with van der Waals surface area (Å²) in [4.78, 5) is 0. The molecule has 0 saturated carbocycles. The molecule has 5 heteroatoms. The molecule has 0 radical (unpaired) electrons. The van der Waals surface area contributed by atoms with Gasteiger partial charge in [0.2, 0.25) is 0 Å². The van der Waals surface area contributed by atoms with Crippen LogP contribution in [0.4, 0.5) is 0 Å². The van der Waals surface area contributed by atoms with E-state index in [1.807, 2.05) is 24.3 Å². The van der Waals surface area contributed by atoms with E-state index in [2.05, 4.69) is 81.4 Å². The largest absolute Gasteiger partial charge is 0.497 e. The molecule has 1 N–H and O–H groups in total. The minimum atomic E-state index is -2.57. The first-order valence-electron chi connectivity index (χ1n) is 12.0. The van der Waals surface area contributed by atoms with Crippen molar-refractivity contribution >= 4 is 18.7 Å². The Morgan fingerprint density at radius 3 is 1.82 bits per heavy atom. The molecule has 3 rings (SSSR count). The van der Waals surface area contributed by atoms with E-state index < -0.39 is 8.32 Å². The molecule has 182 valence electrons. The van der Waals surface area contributed by atoms with Crippen molar-refractivity contribution in [1.82, 2.24) is 0 Å². The fourth-order valence-corrected chi connectivity index (χ4v) is 9.08. The lowest BCUT2D eigenvalue weighted by Gasteiger charge is -2.43. The normalized spacial score (nSPS) is 13.0. The molecular formula is C29H38O4Si. The minimum absolute atomic E-state index is 0.0634. The van der Waals surface area contributed by atoms with Gasteiger partial charge in [-0.05, 0) is 45.9 Å². The smallest absolute Gasteiger partial charge is 0.261 e.